The lowest BCUT2D eigenvalue weighted by molar-refractivity contribution is -0.122. The van der Waals surface area contributed by atoms with E-state index in [9.17, 15) is 9.59 Å². The third kappa shape index (κ3) is 9.45. The first-order valence-corrected chi connectivity index (χ1v) is 10.6. The first kappa shape index (κ1) is 27.7. The van der Waals surface area contributed by atoms with Gasteiger partial charge in [0.05, 0.1) is 0 Å². The number of ether oxygens (including phenoxy) is 1. The molecule has 11 heteroatoms. The topological polar surface area (TPSA) is 134 Å². The normalized spacial score (nSPS) is 14.9. The molecule has 10 nitrogen and oxygen atoms in total. The van der Waals surface area contributed by atoms with Crippen molar-refractivity contribution in [3.05, 3.63) is 23.9 Å². The molecule has 0 saturated carbocycles. The van der Waals surface area contributed by atoms with Crippen molar-refractivity contribution in [2.45, 2.75) is 45.8 Å². The number of primary amides is 1. The summed E-state index contributed by atoms with van der Waals surface area (Å²) in [6.45, 7) is 8.41. The van der Waals surface area contributed by atoms with Gasteiger partial charge >= 0.3 is 6.09 Å². The van der Waals surface area contributed by atoms with E-state index >= 15 is 0 Å². The highest BCUT2D eigenvalue weighted by Crippen LogP contribution is 2.24. The Morgan fingerprint density at radius 2 is 1.88 bits per heavy atom. The smallest absolute Gasteiger partial charge is 0.407 e. The van der Waals surface area contributed by atoms with Gasteiger partial charge in [0, 0.05) is 57.4 Å². The van der Waals surface area contributed by atoms with E-state index in [4.69, 9.17) is 10.5 Å². The standard InChI is InChI=1S/C21H35N7O3.HI/c1-21(2,3)31-20(30)26-11-10-25-19(23-4)27-14-16-6-5-9-24-18(16)28-12-7-15(8-13-28)17(22)29;/h5-6,9,15H,7-8,10-14H2,1-4H3,(H2,22,29)(H,26,30)(H2,23,25,27);1H. The predicted molar refractivity (Wildman–Crippen MR) is 136 cm³/mol. The Hall–Kier alpha value is -2.31. The minimum Gasteiger partial charge on any atom is -0.444 e. The van der Waals surface area contributed by atoms with Crippen molar-refractivity contribution in [1.82, 2.24) is 20.9 Å². The number of hydrogen-bond acceptors (Lipinski definition) is 6. The van der Waals surface area contributed by atoms with Gasteiger partial charge in [-0.25, -0.2) is 9.78 Å². The Kier molecular flexibility index (Phi) is 11.5. The van der Waals surface area contributed by atoms with Crippen LogP contribution in [0.25, 0.3) is 0 Å². The molecule has 1 aliphatic heterocycles. The lowest BCUT2D eigenvalue weighted by Gasteiger charge is -2.32. The Balaban J connectivity index is 0.00000512. The lowest BCUT2D eigenvalue weighted by Crippen LogP contribution is -2.42. The number of nitrogens with one attached hydrogen (secondary N) is 3. The van der Waals surface area contributed by atoms with Crippen LogP contribution < -0.4 is 26.6 Å². The number of guanidine groups is 1. The summed E-state index contributed by atoms with van der Waals surface area (Å²) in [6.07, 6.45) is 2.81. The van der Waals surface area contributed by atoms with Crippen molar-refractivity contribution in [2.75, 3.05) is 38.1 Å². The molecule has 1 fully saturated rings. The zero-order valence-corrected chi connectivity index (χ0v) is 21.6. The molecule has 0 radical (unpaired) electrons. The van der Waals surface area contributed by atoms with E-state index in [0.29, 0.717) is 25.6 Å². The number of amides is 2. The maximum Gasteiger partial charge on any atom is 0.407 e. The molecule has 32 heavy (non-hydrogen) atoms. The van der Waals surface area contributed by atoms with Crippen molar-refractivity contribution in [3.8, 4) is 0 Å². The average molecular weight is 561 g/mol. The molecule has 0 aliphatic carbocycles. The van der Waals surface area contributed by atoms with Gasteiger partial charge in [-0.2, -0.15) is 0 Å². The molecule has 5 N–H and O–H groups in total. The quantitative estimate of drug-likeness (QED) is 0.172. The highest BCUT2D eigenvalue weighted by molar-refractivity contribution is 14.0. The van der Waals surface area contributed by atoms with Gasteiger partial charge in [0.1, 0.15) is 11.4 Å². The van der Waals surface area contributed by atoms with Crippen LogP contribution >= 0.6 is 24.0 Å². The van der Waals surface area contributed by atoms with E-state index < -0.39 is 11.7 Å². The molecule has 0 spiro atoms. The van der Waals surface area contributed by atoms with Crippen molar-refractivity contribution < 1.29 is 14.3 Å². The first-order chi connectivity index (χ1) is 14.7. The van der Waals surface area contributed by atoms with Crippen molar-refractivity contribution >= 4 is 47.8 Å². The van der Waals surface area contributed by atoms with Crippen LogP contribution in [0.1, 0.15) is 39.2 Å². The second kappa shape index (κ2) is 13.3. The number of nitrogens with zero attached hydrogens (tertiary/aromatic N) is 3. The molecule has 1 aromatic rings. The summed E-state index contributed by atoms with van der Waals surface area (Å²) in [6, 6.07) is 3.92. The number of piperidine rings is 1. The van der Waals surface area contributed by atoms with Gasteiger partial charge in [-0.3, -0.25) is 9.79 Å². The Morgan fingerprint density at radius 3 is 2.47 bits per heavy atom. The first-order valence-electron chi connectivity index (χ1n) is 10.6. The fourth-order valence-corrected chi connectivity index (χ4v) is 3.29. The monoisotopic (exact) mass is 561 g/mol. The van der Waals surface area contributed by atoms with Crippen LogP contribution in [0.3, 0.4) is 0 Å². The molecule has 0 atom stereocenters. The summed E-state index contributed by atoms with van der Waals surface area (Å²) in [4.78, 5) is 34.0. The summed E-state index contributed by atoms with van der Waals surface area (Å²) in [5.74, 6) is 1.24. The third-order valence-corrected chi connectivity index (χ3v) is 4.82. The van der Waals surface area contributed by atoms with Crippen molar-refractivity contribution in [2.24, 2.45) is 16.6 Å². The van der Waals surface area contributed by atoms with Gasteiger partial charge in [-0.05, 0) is 39.7 Å². The number of aliphatic imine (C=N–C) groups is 1. The molecule has 0 aromatic carbocycles. The number of aromatic nitrogens is 1. The van der Waals surface area contributed by atoms with Gasteiger partial charge < -0.3 is 31.3 Å². The van der Waals surface area contributed by atoms with E-state index in [2.05, 4.69) is 30.8 Å². The molecule has 0 bridgehead atoms. The maximum atomic E-state index is 11.7. The predicted octanol–water partition coefficient (Wildman–Crippen LogP) is 1.59. The zero-order valence-electron chi connectivity index (χ0n) is 19.3. The van der Waals surface area contributed by atoms with Gasteiger partial charge in [-0.1, -0.05) is 6.07 Å². The lowest BCUT2D eigenvalue weighted by atomic mass is 9.96. The minimum atomic E-state index is -0.522. The van der Waals surface area contributed by atoms with Crippen LogP contribution in [0.4, 0.5) is 10.6 Å². The molecule has 1 aromatic heterocycles. The Morgan fingerprint density at radius 1 is 1.22 bits per heavy atom. The molecule has 1 saturated heterocycles. The van der Waals surface area contributed by atoms with E-state index in [1.807, 2.05) is 32.9 Å². The number of alkyl carbamates (subject to hydrolysis) is 1. The molecule has 2 amide bonds. The number of nitrogens with two attached hydrogens (primary N) is 1. The molecule has 2 rings (SSSR count). The van der Waals surface area contributed by atoms with Crippen LogP contribution in [0.15, 0.2) is 23.3 Å². The highest BCUT2D eigenvalue weighted by atomic mass is 127. The number of hydrogen-bond donors (Lipinski definition) is 4. The van der Waals surface area contributed by atoms with Crippen LogP contribution in [-0.2, 0) is 16.1 Å². The van der Waals surface area contributed by atoms with E-state index in [-0.39, 0.29) is 35.8 Å². The summed E-state index contributed by atoms with van der Waals surface area (Å²) >= 11 is 0. The number of anilines is 1. The summed E-state index contributed by atoms with van der Waals surface area (Å²) in [7, 11) is 1.69. The largest absolute Gasteiger partial charge is 0.444 e. The number of rotatable bonds is 7. The van der Waals surface area contributed by atoms with Crippen molar-refractivity contribution in [3.63, 3.8) is 0 Å². The average Bonchev–Trinajstić information content (AvgIpc) is 2.72. The Labute approximate surface area is 207 Å². The van der Waals surface area contributed by atoms with E-state index in [1.54, 1.807) is 13.2 Å². The summed E-state index contributed by atoms with van der Waals surface area (Å²) in [5.41, 5.74) is 5.95. The maximum absolute atomic E-state index is 11.7. The zero-order chi connectivity index (χ0) is 22.9. The molecule has 0 unspecified atom stereocenters. The van der Waals surface area contributed by atoms with Crippen LogP contribution in [-0.4, -0.2) is 61.8 Å². The molecular weight excluding hydrogens is 525 g/mol. The fourth-order valence-electron chi connectivity index (χ4n) is 3.29. The molecule has 2 heterocycles. The SMILES string of the molecule is CN=C(NCCNC(=O)OC(C)(C)C)NCc1cccnc1N1CCC(C(N)=O)CC1.I. The Bertz CT molecular complexity index is 775. The number of pyridine rings is 1. The number of carbonyl (C=O) groups excluding carboxylic acids is 2. The molecular formula is C21H36IN7O3. The van der Waals surface area contributed by atoms with Gasteiger partial charge in [0.15, 0.2) is 5.96 Å². The van der Waals surface area contributed by atoms with E-state index in [0.717, 1.165) is 37.3 Å². The van der Waals surface area contributed by atoms with Crippen LogP contribution in [0, 0.1) is 5.92 Å². The van der Waals surface area contributed by atoms with E-state index in [1.165, 1.54) is 0 Å². The summed E-state index contributed by atoms with van der Waals surface area (Å²) < 4.78 is 5.21. The molecule has 180 valence electrons. The number of halogens is 1. The third-order valence-electron chi connectivity index (χ3n) is 4.82. The second-order valence-corrected chi connectivity index (χ2v) is 8.43. The summed E-state index contributed by atoms with van der Waals surface area (Å²) in [5, 5.41) is 9.13. The fraction of sp³-hybridized carbons (Fsp3) is 0.619. The van der Waals surface area contributed by atoms with Gasteiger partial charge in [0.2, 0.25) is 5.91 Å². The number of carbonyl (C=O) groups is 2. The van der Waals surface area contributed by atoms with Gasteiger partial charge in [0.25, 0.3) is 0 Å². The second-order valence-electron chi connectivity index (χ2n) is 8.43. The molecule has 1 aliphatic rings. The highest BCUT2D eigenvalue weighted by Gasteiger charge is 2.25. The van der Waals surface area contributed by atoms with Crippen molar-refractivity contribution in [1.29, 1.82) is 0 Å². The van der Waals surface area contributed by atoms with Gasteiger partial charge in [-0.15, -0.1) is 24.0 Å². The van der Waals surface area contributed by atoms with Crippen LogP contribution in [0.2, 0.25) is 0 Å². The minimum absolute atomic E-state index is 0. The van der Waals surface area contributed by atoms with Crippen LogP contribution in [0.5, 0.6) is 0 Å².